The van der Waals surface area contributed by atoms with Crippen molar-refractivity contribution in [1.29, 1.82) is 0 Å². The lowest BCUT2D eigenvalue weighted by molar-refractivity contribution is -0.145. The molecule has 0 saturated carbocycles. The van der Waals surface area contributed by atoms with Gasteiger partial charge in [0.15, 0.2) is 0 Å². The third-order valence-electron chi connectivity index (χ3n) is 17.6. The van der Waals surface area contributed by atoms with Crippen LogP contribution in [0, 0.1) is 23.7 Å². The number of carbonyl (C=O) groups is 12. The molecular weight excluding hydrogens is 1190 g/mol. The normalized spacial score (nSPS) is 25.3. The van der Waals surface area contributed by atoms with Crippen molar-refractivity contribution in [1.82, 2.24) is 62.1 Å². The zero-order chi connectivity index (χ0) is 69.0. The van der Waals surface area contributed by atoms with Gasteiger partial charge in [-0.1, -0.05) is 122 Å². The molecule has 3 aliphatic heterocycles. The van der Waals surface area contributed by atoms with E-state index in [-0.39, 0.29) is 74.6 Å². The number of benzene rings is 2. The highest BCUT2D eigenvalue weighted by Crippen LogP contribution is 2.24. The maximum Gasteiger partial charge on any atom is 0.248 e. The van der Waals surface area contributed by atoms with E-state index in [9.17, 15) is 48.3 Å². The smallest absolute Gasteiger partial charge is 0.248 e. The van der Waals surface area contributed by atoms with Gasteiger partial charge in [0.05, 0.1) is 12.5 Å². The number of likely N-dealkylation sites (N-methyl/N-ethyl adjacent to an activating group) is 2. The number of likely N-dealkylation sites (tertiary alicyclic amines) is 2. The molecule has 0 radical (unpaired) electrons. The SMILES string of the molecule is CC[C@H](C)[C@H](NC(=O)[C@@H]1CCCN1C(=O)[C@@H](NC(=O)[C@@H]1CC(=O)N[C@@H](C)C(=O)N[C@@H](CC(C)C)C(=O)N(C)[C@@H](CC(C)C)C(=O)N[C@@H](C)C(=O)N[C@@H](CC(C)C)C(=O)N(C)[C@@H](Cc2ccccc2)C(=O)N[C@@H](Cc2ccccc2)C(=O)N1)[C@@H](C)O)C(=O)N1CCCCC1. The molecule has 0 aliphatic carbocycles. The van der Waals surface area contributed by atoms with Crippen molar-refractivity contribution < 1.29 is 62.6 Å². The molecule has 0 spiro atoms. The van der Waals surface area contributed by atoms with Crippen LogP contribution in [0.5, 0.6) is 0 Å². The molecule has 5 rings (SSSR count). The number of hydrogen-bond acceptors (Lipinski definition) is 13. The van der Waals surface area contributed by atoms with Crippen LogP contribution in [0.3, 0.4) is 0 Å². The highest BCUT2D eigenvalue weighted by atomic mass is 16.3. The van der Waals surface area contributed by atoms with Crippen molar-refractivity contribution in [2.24, 2.45) is 23.7 Å². The maximum absolute atomic E-state index is 15.2. The van der Waals surface area contributed by atoms with Gasteiger partial charge in [-0.3, -0.25) is 57.5 Å². The molecule has 25 heteroatoms. The van der Waals surface area contributed by atoms with Crippen LogP contribution in [0.2, 0.25) is 0 Å². The summed E-state index contributed by atoms with van der Waals surface area (Å²) in [5.74, 6) is -10.0. The van der Waals surface area contributed by atoms with Gasteiger partial charge in [-0.2, -0.15) is 0 Å². The Kier molecular flexibility index (Phi) is 29.2. The average molecular weight is 1300 g/mol. The number of carbonyl (C=O) groups excluding carboxylic acids is 12. The molecule has 0 bridgehead atoms. The molecule has 9 N–H and O–H groups in total. The first-order chi connectivity index (χ1) is 43.9. The van der Waals surface area contributed by atoms with E-state index in [1.54, 1.807) is 65.6 Å². The Hall–Kier alpha value is -7.96. The summed E-state index contributed by atoms with van der Waals surface area (Å²) in [5.41, 5.74) is 1.16. The summed E-state index contributed by atoms with van der Waals surface area (Å²) in [6.07, 6.45) is 1.28. The molecule has 0 unspecified atom stereocenters. The van der Waals surface area contributed by atoms with E-state index < -0.39 is 144 Å². The minimum Gasteiger partial charge on any atom is -0.391 e. The molecule has 3 fully saturated rings. The van der Waals surface area contributed by atoms with E-state index in [0.717, 1.165) is 19.3 Å². The zero-order valence-corrected chi connectivity index (χ0v) is 56.8. The van der Waals surface area contributed by atoms with E-state index in [1.165, 1.54) is 49.6 Å². The Balaban J connectivity index is 1.60. The number of nitrogens with one attached hydrogen (secondary N) is 8. The molecule has 3 aliphatic rings. The molecule has 514 valence electrons. The predicted octanol–water partition coefficient (Wildman–Crippen LogP) is 2.02. The van der Waals surface area contributed by atoms with E-state index in [0.29, 0.717) is 37.1 Å². The minimum absolute atomic E-state index is 0.0412. The molecule has 12 amide bonds. The Morgan fingerprint density at radius 3 is 1.53 bits per heavy atom. The second-order valence-electron chi connectivity index (χ2n) is 26.8. The lowest BCUT2D eigenvalue weighted by Gasteiger charge is -2.35. The summed E-state index contributed by atoms with van der Waals surface area (Å²) >= 11 is 0. The Morgan fingerprint density at radius 1 is 0.527 bits per heavy atom. The first kappa shape index (κ1) is 75.8. The van der Waals surface area contributed by atoms with Gasteiger partial charge in [0.25, 0.3) is 0 Å². The maximum atomic E-state index is 15.2. The van der Waals surface area contributed by atoms with Crippen LogP contribution in [-0.2, 0) is 70.4 Å². The van der Waals surface area contributed by atoms with Crippen molar-refractivity contribution in [2.45, 2.75) is 226 Å². The number of amides is 12. The fraction of sp³-hybridized carbons (Fsp3) is 0.647. The van der Waals surface area contributed by atoms with Crippen LogP contribution >= 0.6 is 0 Å². The number of rotatable bonds is 19. The molecule has 2 aromatic rings. The van der Waals surface area contributed by atoms with Crippen molar-refractivity contribution in [3.63, 3.8) is 0 Å². The quantitative estimate of drug-likeness (QED) is 0.0974. The Morgan fingerprint density at radius 2 is 1.01 bits per heavy atom. The minimum atomic E-state index is -1.92. The fourth-order valence-electron chi connectivity index (χ4n) is 12.0. The number of aliphatic hydroxyl groups is 1. The second-order valence-corrected chi connectivity index (χ2v) is 26.8. The van der Waals surface area contributed by atoms with Crippen LogP contribution in [0.1, 0.15) is 151 Å². The molecule has 13 atom stereocenters. The first-order valence-electron chi connectivity index (χ1n) is 33.2. The lowest BCUT2D eigenvalue weighted by Crippen LogP contribution is -2.62. The van der Waals surface area contributed by atoms with Crippen LogP contribution in [0.25, 0.3) is 0 Å². The monoisotopic (exact) mass is 1300 g/mol. The largest absolute Gasteiger partial charge is 0.391 e. The predicted molar refractivity (Wildman–Crippen MR) is 349 cm³/mol. The van der Waals surface area contributed by atoms with E-state index in [4.69, 9.17) is 0 Å². The highest BCUT2D eigenvalue weighted by Gasteiger charge is 2.44. The van der Waals surface area contributed by atoms with Gasteiger partial charge in [-0.25, -0.2) is 0 Å². The van der Waals surface area contributed by atoms with Gasteiger partial charge < -0.3 is 67.2 Å². The van der Waals surface area contributed by atoms with Crippen molar-refractivity contribution in [3.05, 3.63) is 71.8 Å². The summed E-state index contributed by atoms with van der Waals surface area (Å²) < 4.78 is 0. The summed E-state index contributed by atoms with van der Waals surface area (Å²) in [6.45, 7) is 20.0. The third kappa shape index (κ3) is 22.1. The molecule has 2 aromatic carbocycles. The number of hydrogen-bond donors (Lipinski definition) is 9. The topological polar surface area (TPSA) is 334 Å². The summed E-state index contributed by atoms with van der Waals surface area (Å²) in [4.78, 5) is 180. The molecule has 0 aromatic heterocycles. The molecule has 93 heavy (non-hydrogen) atoms. The van der Waals surface area contributed by atoms with Crippen LogP contribution < -0.4 is 42.5 Å². The fourth-order valence-corrected chi connectivity index (χ4v) is 12.0. The van der Waals surface area contributed by atoms with Gasteiger partial charge in [-0.15, -0.1) is 0 Å². The van der Waals surface area contributed by atoms with E-state index >= 15 is 14.4 Å². The molecule has 25 nitrogen and oxygen atoms in total. The number of nitrogens with zero attached hydrogens (tertiary/aromatic N) is 4. The summed E-state index contributed by atoms with van der Waals surface area (Å²) in [6, 6.07) is 2.43. The van der Waals surface area contributed by atoms with E-state index in [2.05, 4.69) is 42.5 Å². The van der Waals surface area contributed by atoms with Crippen LogP contribution in [0.4, 0.5) is 0 Å². The van der Waals surface area contributed by atoms with Gasteiger partial charge in [-0.05, 0) is 107 Å². The van der Waals surface area contributed by atoms with Crippen molar-refractivity contribution in [2.75, 3.05) is 33.7 Å². The third-order valence-corrected chi connectivity index (χ3v) is 17.6. The van der Waals surface area contributed by atoms with Crippen LogP contribution in [0.15, 0.2) is 60.7 Å². The zero-order valence-electron chi connectivity index (χ0n) is 56.8. The second kappa shape index (κ2) is 35.9. The van der Waals surface area contributed by atoms with Gasteiger partial charge >= 0.3 is 0 Å². The summed E-state index contributed by atoms with van der Waals surface area (Å²) in [5, 5.41) is 33.1. The Bertz CT molecular complexity index is 2910. The molecule has 3 heterocycles. The van der Waals surface area contributed by atoms with Crippen molar-refractivity contribution in [3.8, 4) is 0 Å². The lowest BCUT2D eigenvalue weighted by atomic mass is 9.96. The van der Waals surface area contributed by atoms with E-state index in [1.807, 2.05) is 55.4 Å². The molecule has 3 saturated heterocycles. The number of piperidine rings is 1. The Labute approximate surface area is 548 Å². The summed E-state index contributed by atoms with van der Waals surface area (Å²) in [7, 11) is 2.81. The van der Waals surface area contributed by atoms with Gasteiger partial charge in [0.2, 0.25) is 70.9 Å². The van der Waals surface area contributed by atoms with Gasteiger partial charge in [0, 0.05) is 46.6 Å². The molecular formula is C68H104N12O13. The highest BCUT2D eigenvalue weighted by molar-refractivity contribution is 6.01. The van der Waals surface area contributed by atoms with Crippen molar-refractivity contribution >= 4 is 70.9 Å². The number of aliphatic hydroxyl groups excluding tert-OH is 1. The first-order valence-corrected chi connectivity index (χ1v) is 33.2. The average Bonchev–Trinajstić information content (AvgIpc) is 2.01. The van der Waals surface area contributed by atoms with Crippen LogP contribution in [-0.4, -0.2) is 202 Å². The van der Waals surface area contributed by atoms with Gasteiger partial charge in [0.1, 0.15) is 66.5 Å². The standard InChI is InChI=1S/C68H104N12O13/c1-14-42(8)56(67(92)79-30-22-17-23-31-79)75-62(87)52-29-24-32-80(52)68(93)57(45(11)81)76-61(86)49-38-55(82)69-43(9)58(83)73-50(33-39(2)3)65(90)77(12)53(35-41(6)7)63(88)70-44(10)59(84)74-51(34-40(4)5)66(91)78(13)54(37-47-27-20-16-21-28-47)64(89)72-48(60(85)71-49)36-46-25-18-15-19-26-46/h15-16,18-21,25-28,39-45,48-54,56-57,81H,14,17,22-24,29-38H2,1-13H3,(H,69,82)(H,70,88)(H,71,85)(H,72,89)(H,73,83)(H,74,84)(H,75,87)(H,76,86)/t42-,43-,44-,45+,48-,49-,50-,51-,52-,53-,54-,56-,57-/m0/s1.